The van der Waals surface area contributed by atoms with Crippen molar-refractivity contribution in [3.8, 4) is 0 Å². The van der Waals surface area contributed by atoms with Gasteiger partial charge in [0.15, 0.2) is 6.10 Å². The number of unbranched alkanes of at least 4 members (excludes halogenated alkanes) is 1. The molecule has 0 aliphatic rings. The van der Waals surface area contributed by atoms with Gasteiger partial charge in [0, 0.05) is 5.92 Å². The average molecular weight is 232 g/mol. The fraction of sp³-hybridized carbons (Fsp3) is 0.818. The van der Waals surface area contributed by atoms with E-state index in [2.05, 4.69) is 0 Å². The maximum absolute atomic E-state index is 11.3. The smallest absolute Gasteiger partial charge is 0.345 e. The number of carbonyl (C=O) groups excluding carboxylic acids is 1. The summed E-state index contributed by atoms with van der Waals surface area (Å²) >= 11 is 0. The Bertz CT molecular complexity index is 237. The second-order valence-electron chi connectivity index (χ2n) is 4.10. The van der Waals surface area contributed by atoms with E-state index in [1.54, 1.807) is 13.8 Å². The summed E-state index contributed by atoms with van der Waals surface area (Å²) in [4.78, 5) is 22.1. The number of carboxylic acid groups (broad SMARTS) is 1. The van der Waals surface area contributed by atoms with Crippen molar-refractivity contribution in [2.45, 2.75) is 52.2 Å². The van der Waals surface area contributed by atoms with Gasteiger partial charge >= 0.3 is 11.9 Å². The van der Waals surface area contributed by atoms with E-state index in [1.165, 1.54) is 0 Å². The lowest BCUT2D eigenvalue weighted by molar-refractivity contribution is -0.173. The minimum absolute atomic E-state index is 0.305. The maximum Gasteiger partial charge on any atom is 0.345 e. The molecule has 2 atom stereocenters. The fourth-order valence-corrected chi connectivity index (χ4v) is 1.19. The quantitative estimate of drug-likeness (QED) is 0.644. The van der Waals surface area contributed by atoms with Gasteiger partial charge < -0.3 is 14.9 Å². The van der Waals surface area contributed by atoms with Gasteiger partial charge in [0.05, 0.1) is 0 Å². The highest BCUT2D eigenvalue weighted by atomic mass is 16.6. The average Bonchev–Trinajstić information content (AvgIpc) is 2.20. The molecule has 0 bridgehead atoms. The minimum Gasteiger partial charge on any atom is -0.478 e. The van der Waals surface area contributed by atoms with Crippen LogP contribution in [-0.2, 0) is 14.3 Å². The van der Waals surface area contributed by atoms with Crippen molar-refractivity contribution in [3.63, 3.8) is 0 Å². The van der Waals surface area contributed by atoms with Crippen molar-refractivity contribution in [1.82, 2.24) is 0 Å². The first-order chi connectivity index (χ1) is 7.40. The third kappa shape index (κ3) is 5.11. The summed E-state index contributed by atoms with van der Waals surface area (Å²) in [5, 5.41) is 18.2. The zero-order valence-electron chi connectivity index (χ0n) is 9.97. The van der Waals surface area contributed by atoms with E-state index in [1.807, 2.05) is 6.92 Å². The number of aliphatic carboxylic acids is 1. The van der Waals surface area contributed by atoms with Gasteiger partial charge in [-0.3, -0.25) is 0 Å². The van der Waals surface area contributed by atoms with E-state index in [0.717, 1.165) is 6.42 Å². The van der Waals surface area contributed by atoms with Gasteiger partial charge in [0.1, 0.15) is 0 Å². The molecule has 5 nitrogen and oxygen atoms in total. The lowest BCUT2D eigenvalue weighted by Crippen LogP contribution is -2.36. The highest BCUT2D eigenvalue weighted by molar-refractivity contribution is 5.80. The Morgan fingerprint density at radius 1 is 1.31 bits per heavy atom. The molecule has 2 unspecified atom stereocenters. The summed E-state index contributed by atoms with van der Waals surface area (Å²) < 4.78 is 4.74. The predicted octanol–water partition coefficient (Wildman–Crippen LogP) is 1.19. The number of esters is 1. The van der Waals surface area contributed by atoms with E-state index in [4.69, 9.17) is 9.84 Å². The number of ether oxygens (including phenoxy) is 1. The van der Waals surface area contributed by atoms with Crippen molar-refractivity contribution in [2.75, 3.05) is 0 Å². The molecule has 0 aliphatic heterocycles. The standard InChI is InChI=1S/C11H20O5/c1-4-5-6-8(12)11(15)16-9(7(2)3)10(13)14/h7-9,12H,4-6H2,1-3H3,(H,13,14). The molecule has 0 amide bonds. The molecule has 16 heavy (non-hydrogen) atoms. The number of hydrogen-bond donors (Lipinski definition) is 2. The van der Waals surface area contributed by atoms with Crippen LogP contribution >= 0.6 is 0 Å². The van der Waals surface area contributed by atoms with Crippen molar-refractivity contribution in [3.05, 3.63) is 0 Å². The molecule has 2 N–H and O–H groups in total. The molecule has 0 radical (unpaired) electrons. The molecular formula is C11H20O5. The Morgan fingerprint density at radius 2 is 1.88 bits per heavy atom. The molecule has 0 aromatic heterocycles. The number of aliphatic hydroxyl groups excluding tert-OH is 1. The highest BCUT2D eigenvalue weighted by Gasteiger charge is 2.28. The number of rotatable bonds is 7. The number of hydrogen-bond acceptors (Lipinski definition) is 4. The van der Waals surface area contributed by atoms with E-state index in [9.17, 15) is 14.7 Å². The van der Waals surface area contributed by atoms with Crippen LogP contribution < -0.4 is 0 Å². The molecule has 0 aromatic carbocycles. The van der Waals surface area contributed by atoms with Crippen molar-refractivity contribution < 1.29 is 24.5 Å². The van der Waals surface area contributed by atoms with E-state index in [-0.39, 0.29) is 5.92 Å². The lowest BCUT2D eigenvalue weighted by atomic mass is 10.1. The first-order valence-electron chi connectivity index (χ1n) is 5.51. The van der Waals surface area contributed by atoms with Crippen LogP contribution in [0.2, 0.25) is 0 Å². The molecule has 0 saturated heterocycles. The van der Waals surface area contributed by atoms with Crippen LogP contribution in [0.25, 0.3) is 0 Å². The predicted molar refractivity (Wildman–Crippen MR) is 57.9 cm³/mol. The minimum atomic E-state index is -1.22. The highest BCUT2D eigenvalue weighted by Crippen LogP contribution is 2.10. The summed E-state index contributed by atoms with van der Waals surface area (Å²) in [6, 6.07) is 0. The van der Waals surface area contributed by atoms with Crippen LogP contribution in [0.4, 0.5) is 0 Å². The summed E-state index contributed by atoms with van der Waals surface area (Å²) in [7, 11) is 0. The zero-order valence-corrected chi connectivity index (χ0v) is 9.97. The molecule has 0 rings (SSSR count). The summed E-state index contributed by atoms with van der Waals surface area (Å²) in [5.74, 6) is -2.36. The van der Waals surface area contributed by atoms with Crippen LogP contribution in [0.5, 0.6) is 0 Å². The van der Waals surface area contributed by atoms with Crippen molar-refractivity contribution in [2.24, 2.45) is 5.92 Å². The number of aliphatic hydroxyl groups is 1. The molecule has 0 saturated carbocycles. The Balaban J connectivity index is 4.24. The summed E-state index contributed by atoms with van der Waals surface area (Å²) in [6.45, 7) is 5.22. The first-order valence-corrected chi connectivity index (χ1v) is 5.51. The normalized spacial score (nSPS) is 14.6. The largest absolute Gasteiger partial charge is 0.478 e. The van der Waals surface area contributed by atoms with Crippen LogP contribution in [-0.4, -0.2) is 34.4 Å². The maximum atomic E-state index is 11.3. The van der Waals surface area contributed by atoms with Crippen molar-refractivity contribution >= 4 is 11.9 Å². The number of carboxylic acids is 1. The van der Waals surface area contributed by atoms with Gasteiger partial charge in [-0.25, -0.2) is 9.59 Å². The van der Waals surface area contributed by atoms with Crippen LogP contribution in [0, 0.1) is 5.92 Å². The molecule has 94 valence electrons. The zero-order chi connectivity index (χ0) is 12.7. The monoisotopic (exact) mass is 232 g/mol. The lowest BCUT2D eigenvalue weighted by Gasteiger charge is -2.18. The first kappa shape index (κ1) is 14.9. The van der Waals surface area contributed by atoms with Gasteiger partial charge in [-0.1, -0.05) is 33.6 Å². The molecule has 0 heterocycles. The van der Waals surface area contributed by atoms with Gasteiger partial charge in [0.2, 0.25) is 6.10 Å². The van der Waals surface area contributed by atoms with E-state index < -0.39 is 24.1 Å². The molecule has 0 spiro atoms. The topological polar surface area (TPSA) is 83.8 Å². The Morgan fingerprint density at radius 3 is 2.25 bits per heavy atom. The Kier molecular flexibility index (Phi) is 6.72. The summed E-state index contributed by atoms with van der Waals surface area (Å²) in [6.07, 6.45) is -0.545. The van der Waals surface area contributed by atoms with Crippen LogP contribution in [0.1, 0.15) is 40.0 Å². The number of carbonyl (C=O) groups is 2. The van der Waals surface area contributed by atoms with Crippen LogP contribution in [0.15, 0.2) is 0 Å². The van der Waals surface area contributed by atoms with Crippen LogP contribution in [0.3, 0.4) is 0 Å². The molecule has 0 aliphatic carbocycles. The Labute approximate surface area is 95.4 Å². The van der Waals surface area contributed by atoms with Gasteiger partial charge in [-0.2, -0.15) is 0 Å². The third-order valence-electron chi connectivity index (χ3n) is 2.20. The second-order valence-corrected chi connectivity index (χ2v) is 4.10. The molecule has 0 fully saturated rings. The summed E-state index contributed by atoms with van der Waals surface area (Å²) in [5.41, 5.74) is 0. The molecule has 0 aromatic rings. The fourth-order valence-electron chi connectivity index (χ4n) is 1.19. The molecular weight excluding hydrogens is 212 g/mol. The third-order valence-corrected chi connectivity index (χ3v) is 2.20. The van der Waals surface area contributed by atoms with Gasteiger partial charge in [0.25, 0.3) is 0 Å². The van der Waals surface area contributed by atoms with Crippen molar-refractivity contribution in [1.29, 1.82) is 0 Å². The van der Waals surface area contributed by atoms with E-state index in [0.29, 0.717) is 12.8 Å². The Hall–Kier alpha value is -1.10. The van der Waals surface area contributed by atoms with E-state index >= 15 is 0 Å². The van der Waals surface area contributed by atoms with Gasteiger partial charge in [-0.05, 0) is 6.42 Å². The molecule has 5 heteroatoms. The van der Waals surface area contributed by atoms with Gasteiger partial charge in [-0.15, -0.1) is 0 Å². The SMILES string of the molecule is CCCCC(O)C(=O)OC(C(=O)O)C(C)C. The second kappa shape index (κ2) is 7.22.